The van der Waals surface area contributed by atoms with E-state index in [9.17, 15) is 4.39 Å². The second-order valence-corrected chi connectivity index (χ2v) is 6.20. The van der Waals surface area contributed by atoms with Gasteiger partial charge in [0.2, 0.25) is 0 Å². The Morgan fingerprint density at radius 3 is 2.85 bits per heavy atom. The molecule has 3 rings (SSSR count). The molecule has 3 heteroatoms. The number of nitrogens with one attached hydrogen (secondary N) is 1. The van der Waals surface area contributed by atoms with Crippen molar-refractivity contribution in [2.75, 3.05) is 0 Å². The van der Waals surface area contributed by atoms with Crippen molar-refractivity contribution in [2.24, 2.45) is 0 Å². The molecule has 2 aromatic rings. The summed E-state index contributed by atoms with van der Waals surface area (Å²) in [6.45, 7) is 2.17. The summed E-state index contributed by atoms with van der Waals surface area (Å²) in [4.78, 5) is 0. The molecule has 2 aromatic carbocycles. The van der Waals surface area contributed by atoms with Gasteiger partial charge in [-0.3, -0.25) is 0 Å². The molecule has 0 aliphatic heterocycles. The van der Waals surface area contributed by atoms with E-state index < -0.39 is 0 Å². The van der Waals surface area contributed by atoms with E-state index in [1.54, 1.807) is 12.1 Å². The van der Waals surface area contributed by atoms with Crippen molar-refractivity contribution in [2.45, 2.75) is 31.8 Å². The van der Waals surface area contributed by atoms with Crippen LogP contribution in [-0.4, -0.2) is 0 Å². The fraction of sp³-hybridized carbons (Fsp3) is 0.294. The van der Waals surface area contributed by atoms with Crippen molar-refractivity contribution in [3.8, 4) is 0 Å². The SMILES string of the molecule is C[C@H](NC1CCc2cc(F)ccc21)c1ccccc1Br. The van der Waals surface area contributed by atoms with E-state index >= 15 is 0 Å². The summed E-state index contributed by atoms with van der Waals surface area (Å²) in [6, 6.07) is 14.0. The summed E-state index contributed by atoms with van der Waals surface area (Å²) in [7, 11) is 0. The molecule has 1 N–H and O–H groups in total. The number of hydrogen-bond acceptors (Lipinski definition) is 1. The molecule has 0 fully saturated rings. The molecule has 1 aliphatic rings. The number of hydrogen-bond donors (Lipinski definition) is 1. The molecule has 1 nitrogen and oxygen atoms in total. The molecular formula is C17H17BrFN. The van der Waals surface area contributed by atoms with Crippen LogP contribution in [0, 0.1) is 5.82 Å². The first-order valence-corrected chi connectivity index (χ1v) is 7.73. The minimum Gasteiger partial charge on any atom is -0.303 e. The highest BCUT2D eigenvalue weighted by molar-refractivity contribution is 9.10. The van der Waals surface area contributed by atoms with E-state index in [1.165, 1.54) is 11.1 Å². The minimum absolute atomic E-state index is 0.136. The van der Waals surface area contributed by atoms with Crippen LogP contribution in [0.3, 0.4) is 0 Å². The van der Waals surface area contributed by atoms with Gasteiger partial charge in [-0.15, -0.1) is 0 Å². The van der Waals surface area contributed by atoms with Crippen molar-refractivity contribution in [1.82, 2.24) is 5.32 Å². The molecule has 2 atom stereocenters. The van der Waals surface area contributed by atoms with Crippen LogP contribution in [0.4, 0.5) is 4.39 Å². The van der Waals surface area contributed by atoms with Gasteiger partial charge in [-0.1, -0.05) is 40.2 Å². The highest BCUT2D eigenvalue weighted by Gasteiger charge is 2.24. The van der Waals surface area contributed by atoms with E-state index in [0.29, 0.717) is 6.04 Å². The Labute approximate surface area is 127 Å². The van der Waals surface area contributed by atoms with Gasteiger partial charge in [-0.2, -0.15) is 0 Å². The third kappa shape index (κ3) is 2.65. The van der Waals surface area contributed by atoms with Crippen LogP contribution < -0.4 is 5.32 Å². The molecule has 0 saturated carbocycles. The Morgan fingerprint density at radius 2 is 2.05 bits per heavy atom. The lowest BCUT2D eigenvalue weighted by molar-refractivity contribution is 0.464. The van der Waals surface area contributed by atoms with Gasteiger partial charge in [-0.05, 0) is 54.7 Å². The zero-order valence-electron chi connectivity index (χ0n) is 11.4. The fourth-order valence-corrected chi connectivity index (χ4v) is 3.61. The molecule has 0 saturated heterocycles. The van der Waals surface area contributed by atoms with Gasteiger partial charge in [0.05, 0.1) is 0 Å². The van der Waals surface area contributed by atoms with Crippen molar-refractivity contribution in [3.05, 3.63) is 69.4 Å². The van der Waals surface area contributed by atoms with Gasteiger partial charge < -0.3 is 5.32 Å². The lowest BCUT2D eigenvalue weighted by Gasteiger charge is -2.21. The van der Waals surface area contributed by atoms with E-state index in [4.69, 9.17) is 0 Å². The van der Waals surface area contributed by atoms with Crippen molar-refractivity contribution in [1.29, 1.82) is 0 Å². The third-order valence-electron chi connectivity index (χ3n) is 4.01. The summed E-state index contributed by atoms with van der Waals surface area (Å²) in [5.41, 5.74) is 3.63. The predicted molar refractivity (Wildman–Crippen MR) is 83.2 cm³/mol. The molecule has 0 bridgehead atoms. The average molecular weight is 334 g/mol. The molecule has 0 aromatic heterocycles. The first-order valence-electron chi connectivity index (χ1n) is 6.94. The first-order chi connectivity index (χ1) is 9.65. The lowest BCUT2D eigenvalue weighted by Crippen LogP contribution is -2.23. The maximum atomic E-state index is 13.2. The van der Waals surface area contributed by atoms with E-state index in [1.807, 2.05) is 12.1 Å². The van der Waals surface area contributed by atoms with Crippen molar-refractivity contribution in [3.63, 3.8) is 0 Å². The molecule has 0 heterocycles. The zero-order chi connectivity index (χ0) is 14.1. The molecule has 1 aliphatic carbocycles. The van der Waals surface area contributed by atoms with Crippen LogP contribution in [0.1, 0.15) is 42.1 Å². The fourth-order valence-electron chi connectivity index (χ4n) is 2.98. The van der Waals surface area contributed by atoms with Crippen molar-refractivity contribution >= 4 is 15.9 Å². The third-order valence-corrected chi connectivity index (χ3v) is 4.73. The van der Waals surface area contributed by atoms with Gasteiger partial charge >= 0.3 is 0 Å². The minimum atomic E-state index is -0.136. The maximum absolute atomic E-state index is 13.2. The Kier molecular flexibility index (Phi) is 3.90. The molecule has 0 spiro atoms. The summed E-state index contributed by atoms with van der Waals surface area (Å²) in [5.74, 6) is -0.136. The van der Waals surface area contributed by atoms with Crippen LogP contribution in [-0.2, 0) is 6.42 Å². The molecule has 0 radical (unpaired) electrons. The topological polar surface area (TPSA) is 12.0 Å². The summed E-state index contributed by atoms with van der Waals surface area (Å²) < 4.78 is 14.4. The number of fused-ring (bicyclic) bond motifs is 1. The second kappa shape index (κ2) is 5.66. The van der Waals surface area contributed by atoms with Crippen LogP contribution in [0.15, 0.2) is 46.9 Å². The van der Waals surface area contributed by atoms with E-state index in [-0.39, 0.29) is 11.9 Å². The Morgan fingerprint density at radius 1 is 1.25 bits per heavy atom. The second-order valence-electron chi connectivity index (χ2n) is 5.34. The van der Waals surface area contributed by atoms with Gasteiger partial charge in [0, 0.05) is 16.6 Å². The van der Waals surface area contributed by atoms with Crippen LogP contribution >= 0.6 is 15.9 Å². The maximum Gasteiger partial charge on any atom is 0.123 e. The lowest BCUT2D eigenvalue weighted by atomic mass is 10.0. The molecule has 0 amide bonds. The van der Waals surface area contributed by atoms with Crippen LogP contribution in [0.25, 0.3) is 0 Å². The summed E-state index contributed by atoms with van der Waals surface area (Å²) in [5, 5.41) is 3.66. The van der Waals surface area contributed by atoms with Crippen LogP contribution in [0.2, 0.25) is 0 Å². The number of halogens is 2. The number of rotatable bonds is 3. The Balaban J connectivity index is 1.79. The van der Waals surface area contributed by atoms with Crippen LogP contribution in [0.5, 0.6) is 0 Å². The molecule has 20 heavy (non-hydrogen) atoms. The zero-order valence-corrected chi connectivity index (χ0v) is 13.0. The smallest absolute Gasteiger partial charge is 0.123 e. The molecule has 104 valence electrons. The summed E-state index contributed by atoms with van der Waals surface area (Å²) >= 11 is 3.60. The van der Waals surface area contributed by atoms with Gasteiger partial charge in [0.25, 0.3) is 0 Å². The highest BCUT2D eigenvalue weighted by atomic mass is 79.9. The van der Waals surface area contributed by atoms with Gasteiger partial charge in [0.15, 0.2) is 0 Å². The average Bonchev–Trinajstić information content (AvgIpc) is 2.81. The summed E-state index contributed by atoms with van der Waals surface area (Å²) in [6.07, 6.45) is 1.99. The quantitative estimate of drug-likeness (QED) is 0.839. The predicted octanol–water partition coefficient (Wildman–Crippen LogP) is 4.93. The normalized spacial score (nSPS) is 18.9. The Bertz CT molecular complexity index is 626. The highest BCUT2D eigenvalue weighted by Crippen LogP contribution is 2.34. The van der Waals surface area contributed by atoms with Gasteiger partial charge in [-0.25, -0.2) is 4.39 Å². The van der Waals surface area contributed by atoms with E-state index in [0.717, 1.165) is 22.9 Å². The van der Waals surface area contributed by atoms with Gasteiger partial charge in [0.1, 0.15) is 5.82 Å². The first kappa shape index (κ1) is 13.8. The monoisotopic (exact) mass is 333 g/mol. The molecular weight excluding hydrogens is 317 g/mol. The number of aryl methyl sites for hydroxylation is 1. The van der Waals surface area contributed by atoms with E-state index in [2.05, 4.69) is 46.4 Å². The largest absolute Gasteiger partial charge is 0.303 e. The van der Waals surface area contributed by atoms with Crippen molar-refractivity contribution < 1.29 is 4.39 Å². The molecule has 1 unspecified atom stereocenters. The Hall–Kier alpha value is -1.19. The standard InChI is InChI=1S/C17H17BrFN/c1-11(14-4-2-3-5-16(14)18)20-17-9-6-12-10-13(19)7-8-15(12)17/h2-5,7-8,10-11,17,20H,6,9H2,1H3/t11-,17?/m0/s1. The number of benzene rings is 2.